The second kappa shape index (κ2) is 6.77. The summed E-state index contributed by atoms with van der Waals surface area (Å²) < 4.78 is 0. The zero-order chi connectivity index (χ0) is 11.2. The van der Waals surface area contributed by atoms with Crippen molar-refractivity contribution in [3.8, 4) is 0 Å². The minimum atomic E-state index is 0.350. The van der Waals surface area contributed by atoms with Crippen LogP contribution in [-0.2, 0) is 4.79 Å². The molecule has 2 heterocycles. The average molecular weight is 260 g/mol. The molecule has 0 spiro atoms. The zero-order valence-electron chi connectivity index (χ0n) is 9.61. The zero-order valence-corrected chi connectivity index (χ0v) is 11.2. The lowest BCUT2D eigenvalue weighted by atomic mass is 10.2. The van der Waals surface area contributed by atoms with Crippen molar-refractivity contribution in [2.45, 2.75) is 18.9 Å². The maximum absolute atomic E-state index is 12.1. The van der Waals surface area contributed by atoms with E-state index in [1.165, 1.54) is 11.5 Å². The minimum Gasteiger partial charge on any atom is -0.342 e. The highest BCUT2D eigenvalue weighted by atomic mass is 32.2. The van der Waals surface area contributed by atoms with Crippen molar-refractivity contribution in [2.75, 3.05) is 42.6 Å². The molecule has 1 N–H and O–H groups in total. The minimum absolute atomic E-state index is 0.350. The molecule has 0 aromatic rings. The first-order valence-electron chi connectivity index (χ1n) is 6.03. The molecule has 0 radical (unpaired) electrons. The van der Waals surface area contributed by atoms with Crippen LogP contribution in [-0.4, -0.2) is 59.5 Å². The van der Waals surface area contributed by atoms with Gasteiger partial charge in [0.05, 0.1) is 0 Å². The third-order valence-electron chi connectivity index (χ3n) is 2.99. The summed E-state index contributed by atoms with van der Waals surface area (Å²) in [5.74, 6) is 4.95. The number of hydrogen-bond acceptors (Lipinski definition) is 4. The molecule has 2 saturated heterocycles. The lowest BCUT2D eigenvalue weighted by molar-refractivity contribution is -0.131. The summed E-state index contributed by atoms with van der Waals surface area (Å²) in [6, 6.07) is 0.405. The summed E-state index contributed by atoms with van der Waals surface area (Å²) in [6.45, 7) is 2.97. The van der Waals surface area contributed by atoms with Gasteiger partial charge in [0.1, 0.15) is 0 Å². The van der Waals surface area contributed by atoms with Gasteiger partial charge in [-0.2, -0.15) is 23.5 Å². The van der Waals surface area contributed by atoms with E-state index in [4.69, 9.17) is 0 Å². The van der Waals surface area contributed by atoms with Crippen molar-refractivity contribution in [1.29, 1.82) is 0 Å². The fourth-order valence-corrected chi connectivity index (χ4v) is 3.92. The highest BCUT2D eigenvalue weighted by molar-refractivity contribution is 7.99. The van der Waals surface area contributed by atoms with Gasteiger partial charge >= 0.3 is 0 Å². The van der Waals surface area contributed by atoms with Crippen LogP contribution < -0.4 is 5.32 Å². The molecule has 1 atom stereocenters. The number of thioether (sulfide) groups is 2. The second-order valence-corrected chi connectivity index (χ2v) is 6.65. The highest BCUT2D eigenvalue weighted by Crippen LogP contribution is 2.14. The first-order valence-corrected chi connectivity index (χ1v) is 8.34. The molecular formula is C11H20N2OS2. The molecule has 2 aliphatic rings. The number of nitrogens with zero attached hydrogens (tertiary/aromatic N) is 1. The highest BCUT2D eigenvalue weighted by Gasteiger charge is 2.21. The van der Waals surface area contributed by atoms with Crippen LogP contribution in [0.25, 0.3) is 0 Å². The van der Waals surface area contributed by atoms with E-state index in [9.17, 15) is 4.79 Å². The predicted octanol–water partition coefficient (Wildman–Crippen LogP) is 1.05. The fraction of sp³-hybridized carbons (Fsp3) is 0.909. The summed E-state index contributed by atoms with van der Waals surface area (Å²) in [4.78, 5) is 14.1. The summed E-state index contributed by atoms with van der Waals surface area (Å²) in [7, 11) is 0. The fourth-order valence-electron chi connectivity index (χ4n) is 2.09. The van der Waals surface area contributed by atoms with Crippen molar-refractivity contribution < 1.29 is 4.79 Å². The Balaban J connectivity index is 1.76. The smallest absolute Gasteiger partial charge is 0.224 e. The molecule has 3 nitrogen and oxygen atoms in total. The van der Waals surface area contributed by atoms with Crippen LogP contribution in [0.5, 0.6) is 0 Å². The van der Waals surface area contributed by atoms with Crippen molar-refractivity contribution >= 4 is 29.4 Å². The lowest BCUT2D eigenvalue weighted by Crippen LogP contribution is -2.43. The first kappa shape index (κ1) is 12.6. The Hall–Kier alpha value is 0.130. The van der Waals surface area contributed by atoms with E-state index in [2.05, 4.69) is 10.2 Å². The van der Waals surface area contributed by atoms with Crippen LogP contribution in [0.3, 0.4) is 0 Å². The van der Waals surface area contributed by atoms with Gasteiger partial charge in [0.2, 0.25) is 5.91 Å². The number of carbonyl (C=O) groups is 1. The van der Waals surface area contributed by atoms with Gasteiger partial charge in [-0.25, -0.2) is 0 Å². The normalized spacial score (nSPS) is 27.5. The summed E-state index contributed by atoms with van der Waals surface area (Å²) in [6.07, 6.45) is 1.85. The van der Waals surface area contributed by atoms with Crippen LogP contribution in [0, 0.1) is 0 Å². The van der Waals surface area contributed by atoms with Gasteiger partial charge in [0.15, 0.2) is 0 Å². The van der Waals surface area contributed by atoms with Crippen LogP contribution in [0.1, 0.15) is 12.8 Å². The Kier molecular flexibility index (Phi) is 5.32. The first-order chi connectivity index (χ1) is 7.86. The molecule has 2 rings (SSSR count). The predicted molar refractivity (Wildman–Crippen MR) is 72.3 cm³/mol. The number of carbonyl (C=O) groups excluding carboxylic acids is 1. The molecular weight excluding hydrogens is 240 g/mol. The van der Waals surface area contributed by atoms with E-state index >= 15 is 0 Å². The monoisotopic (exact) mass is 260 g/mol. The standard InChI is InChI=1S/C11H20N2OS2/c14-11(8-10-9-16-6-2-12-10)13-3-1-5-15-7-4-13/h10,12H,1-9H2. The van der Waals surface area contributed by atoms with E-state index in [1.807, 2.05) is 23.5 Å². The van der Waals surface area contributed by atoms with E-state index in [0.717, 1.165) is 37.6 Å². The summed E-state index contributed by atoms with van der Waals surface area (Å²) >= 11 is 3.93. The molecule has 5 heteroatoms. The third-order valence-corrected chi connectivity index (χ3v) is 5.17. The van der Waals surface area contributed by atoms with E-state index in [1.54, 1.807) is 0 Å². The molecule has 0 aliphatic carbocycles. The topological polar surface area (TPSA) is 32.3 Å². The Morgan fingerprint density at radius 1 is 1.25 bits per heavy atom. The molecule has 0 saturated carbocycles. The van der Waals surface area contributed by atoms with Gasteiger partial charge in [-0.3, -0.25) is 4.79 Å². The van der Waals surface area contributed by atoms with Gasteiger partial charge in [-0.15, -0.1) is 0 Å². The molecule has 2 fully saturated rings. The quantitative estimate of drug-likeness (QED) is 0.804. The second-order valence-electron chi connectivity index (χ2n) is 4.28. The van der Waals surface area contributed by atoms with E-state index in [0.29, 0.717) is 18.4 Å². The van der Waals surface area contributed by atoms with Gasteiger partial charge in [-0.1, -0.05) is 0 Å². The number of rotatable bonds is 2. The average Bonchev–Trinajstić information content (AvgIpc) is 2.59. The number of nitrogens with one attached hydrogen (secondary N) is 1. The third kappa shape index (κ3) is 3.86. The van der Waals surface area contributed by atoms with Crippen LogP contribution in [0.15, 0.2) is 0 Å². The molecule has 2 aliphatic heterocycles. The maximum Gasteiger partial charge on any atom is 0.224 e. The largest absolute Gasteiger partial charge is 0.342 e. The molecule has 92 valence electrons. The Bertz CT molecular complexity index is 224. The van der Waals surface area contributed by atoms with E-state index < -0.39 is 0 Å². The Morgan fingerprint density at radius 3 is 3.00 bits per heavy atom. The molecule has 0 bridgehead atoms. The van der Waals surface area contributed by atoms with Crippen molar-refractivity contribution in [3.05, 3.63) is 0 Å². The van der Waals surface area contributed by atoms with Crippen molar-refractivity contribution in [1.82, 2.24) is 10.2 Å². The van der Waals surface area contributed by atoms with Gasteiger partial charge in [-0.05, 0) is 12.2 Å². The Labute approximate surface area is 106 Å². The lowest BCUT2D eigenvalue weighted by Gasteiger charge is -2.26. The van der Waals surface area contributed by atoms with Crippen LogP contribution in [0.2, 0.25) is 0 Å². The SMILES string of the molecule is O=C(CC1CSCCN1)N1CCCSCC1. The number of amides is 1. The molecule has 1 unspecified atom stereocenters. The van der Waals surface area contributed by atoms with Crippen molar-refractivity contribution in [2.24, 2.45) is 0 Å². The summed E-state index contributed by atoms with van der Waals surface area (Å²) in [5, 5.41) is 3.43. The van der Waals surface area contributed by atoms with Crippen LogP contribution in [0.4, 0.5) is 0 Å². The maximum atomic E-state index is 12.1. The molecule has 16 heavy (non-hydrogen) atoms. The van der Waals surface area contributed by atoms with Gasteiger partial charge in [0.25, 0.3) is 0 Å². The van der Waals surface area contributed by atoms with E-state index in [-0.39, 0.29) is 0 Å². The summed E-state index contributed by atoms with van der Waals surface area (Å²) in [5.41, 5.74) is 0. The van der Waals surface area contributed by atoms with Gasteiger partial charge < -0.3 is 10.2 Å². The molecule has 0 aromatic heterocycles. The molecule has 1 amide bonds. The van der Waals surface area contributed by atoms with Gasteiger partial charge in [0, 0.05) is 49.4 Å². The molecule has 0 aromatic carbocycles. The Morgan fingerprint density at radius 2 is 2.19 bits per heavy atom. The van der Waals surface area contributed by atoms with Crippen molar-refractivity contribution in [3.63, 3.8) is 0 Å². The number of hydrogen-bond donors (Lipinski definition) is 1. The van der Waals surface area contributed by atoms with Crippen LogP contribution >= 0.6 is 23.5 Å².